The molecule has 3 rings (SSSR count). The van der Waals surface area contributed by atoms with Crippen LogP contribution in [0, 0.1) is 0 Å². The summed E-state index contributed by atoms with van der Waals surface area (Å²) in [5, 5.41) is 6.73. The van der Waals surface area contributed by atoms with Gasteiger partial charge in [-0.05, 0) is 31.0 Å². The fourth-order valence-corrected chi connectivity index (χ4v) is 2.74. The number of benzene rings is 1. The minimum Gasteiger partial charge on any atom is -0.348 e. The van der Waals surface area contributed by atoms with Crippen molar-refractivity contribution in [3.8, 4) is 0 Å². The molecule has 0 bridgehead atoms. The van der Waals surface area contributed by atoms with E-state index in [1.807, 2.05) is 12.1 Å². The molecular formula is C16H17ClN4O. The van der Waals surface area contributed by atoms with E-state index in [-0.39, 0.29) is 11.9 Å². The smallest absolute Gasteiger partial charge is 0.271 e. The van der Waals surface area contributed by atoms with E-state index in [0.29, 0.717) is 16.5 Å². The van der Waals surface area contributed by atoms with Crippen molar-refractivity contribution < 1.29 is 4.79 Å². The summed E-state index contributed by atoms with van der Waals surface area (Å²) in [4.78, 5) is 20.5. The molecule has 0 saturated heterocycles. The molecule has 0 spiro atoms. The molecule has 1 aliphatic rings. The second kappa shape index (κ2) is 6.75. The summed E-state index contributed by atoms with van der Waals surface area (Å²) in [6, 6.07) is 7.60. The summed E-state index contributed by atoms with van der Waals surface area (Å²) in [5.41, 5.74) is 1.16. The molecule has 114 valence electrons. The fraction of sp³-hybridized carbons (Fsp3) is 0.312. The summed E-state index contributed by atoms with van der Waals surface area (Å²) in [6.45, 7) is 0. The molecule has 1 saturated carbocycles. The molecule has 1 amide bonds. The first kappa shape index (κ1) is 14.8. The van der Waals surface area contributed by atoms with Gasteiger partial charge in [-0.1, -0.05) is 30.5 Å². The molecule has 0 unspecified atom stereocenters. The van der Waals surface area contributed by atoms with Crippen molar-refractivity contribution in [2.45, 2.75) is 31.7 Å². The molecule has 0 atom stereocenters. The highest BCUT2D eigenvalue weighted by atomic mass is 35.5. The highest BCUT2D eigenvalue weighted by molar-refractivity contribution is 6.30. The average molecular weight is 317 g/mol. The Morgan fingerprint density at radius 1 is 1.18 bits per heavy atom. The lowest BCUT2D eigenvalue weighted by Gasteiger charge is -2.11. The van der Waals surface area contributed by atoms with Gasteiger partial charge in [0.2, 0.25) is 0 Å². The summed E-state index contributed by atoms with van der Waals surface area (Å²) in [7, 11) is 0. The maximum atomic E-state index is 12.1. The SMILES string of the molecule is O=C(NC1CCCC1)c1cnc(Nc2cccc(Cl)c2)cn1. The third kappa shape index (κ3) is 3.74. The second-order valence-electron chi connectivity index (χ2n) is 5.38. The van der Waals surface area contributed by atoms with Crippen LogP contribution in [0.15, 0.2) is 36.7 Å². The zero-order chi connectivity index (χ0) is 15.4. The standard InChI is InChI=1S/C16H17ClN4O/c17-11-4-3-7-13(8-11)20-15-10-18-14(9-19-15)16(22)21-12-5-1-2-6-12/h3-4,7-10,12H,1-2,5-6H2,(H,19,20)(H,21,22). The molecule has 1 aliphatic carbocycles. The molecule has 5 nitrogen and oxygen atoms in total. The molecule has 0 aliphatic heterocycles. The van der Waals surface area contributed by atoms with E-state index in [4.69, 9.17) is 11.6 Å². The Labute approximate surface area is 134 Å². The summed E-state index contributed by atoms with van der Waals surface area (Å²) >= 11 is 5.93. The Morgan fingerprint density at radius 2 is 2.00 bits per heavy atom. The van der Waals surface area contributed by atoms with Crippen molar-refractivity contribution in [3.63, 3.8) is 0 Å². The van der Waals surface area contributed by atoms with Gasteiger partial charge < -0.3 is 10.6 Å². The monoisotopic (exact) mass is 316 g/mol. The van der Waals surface area contributed by atoms with Crippen LogP contribution in [0.4, 0.5) is 11.5 Å². The van der Waals surface area contributed by atoms with Crippen LogP contribution in [0.5, 0.6) is 0 Å². The van der Waals surface area contributed by atoms with Crippen molar-refractivity contribution in [1.82, 2.24) is 15.3 Å². The number of anilines is 2. The van der Waals surface area contributed by atoms with Gasteiger partial charge in [0.15, 0.2) is 0 Å². The predicted octanol–water partition coefficient (Wildman–Crippen LogP) is 3.55. The maximum absolute atomic E-state index is 12.1. The van der Waals surface area contributed by atoms with E-state index in [9.17, 15) is 4.79 Å². The van der Waals surface area contributed by atoms with Gasteiger partial charge in [-0.15, -0.1) is 0 Å². The van der Waals surface area contributed by atoms with Crippen molar-refractivity contribution in [2.24, 2.45) is 0 Å². The molecule has 2 aromatic rings. The number of hydrogen-bond acceptors (Lipinski definition) is 4. The third-order valence-electron chi connectivity index (χ3n) is 3.67. The molecule has 1 aromatic carbocycles. The van der Waals surface area contributed by atoms with Crippen LogP contribution in [-0.4, -0.2) is 21.9 Å². The Hall–Kier alpha value is -2.14. The van der Waals surface area contributed by atoms with Crippen molar-refractivity contribution >= 4 is 29.0 Å². The molecule has 6 heteroatoms. The largest absolute Gasteiger partial charge is 0.348 e. The molecule has 1 fully saturated rings. The lowest BCUT2D eigenvalue weighted by Crippen LogP contribution is -2.33. The molecule has 1 heterocycles. The lowest BCUT2D eigenvalue weighted by atomic mass is 10.2. The fourth-order valence-electron chi connectivity index (χ4n) is 2.55. The van der Waals surface area contributed by atoms with Crippen LogP contribution in [0.2, 0.25) is 5.02 Å². The van der Waals surface area contributed by atoms with E-state index in [1.54, 1.807) is 18.3 Å². The topological polar surface area (TPSA) is 66.9 Å². The normalized spacial score (nSPS) is 14.8. The van der Waals surface area contributed by atoms with Crippen molar-refractivity contribution in [1.29, 1.82) is 0 Å². The quantitative estimate of drug-likeness (QED) is 0.905. The van der Waals surface area contributed by atoms with Crippen molar-refractivity contribution in [2.75, 3.05) is 5.32 Å². The summed E-state index contributed by atoms with van der Waals surface area (Å²) in [6.07, 6.45) is 7.49. The minimum absolute atomic E-state index is 0.159. The van der Waals surface area contributed by atoms with E-state index >= 15 is 0 Å². The highest BCUT2D eigenvalue weighted by Gasteiger charge is 2.18. The van der Waals surface area contributed by atoms with Crippen molar-refractivity contribution in [3.05, 3.63) is 47.4 Å². The van der Waals surface area contributed by atoms with E-state index in [1.165, 1.54) is 19.0 Å². The van der Waals surface area contributed by atoms with Crippen LogP contribution in [0.25, 0.3) is 0 Å². The summed E-state index contributed by atoms with van der Waals surface area (Å²) in [5.74, 6) is 0.411. The first-order chi connectivity index (χ1) is 10.7. The van der Waals surface area contributed by atoms with Gasteiger partial charge in [-0.3, -0.25) is 4.79 Å². The van der Waals surface area contributed by atoms with Crippen LogP contribution >= 0.6 is 11.6 Å². The van der Waals surface area contributed by atoms with E-state index in [0.717, 1.165) is 18.5 Å². The number of nitrogens with zero attached hydrogens (tertiary/aromatic N) is 2. The Morgan fingerprint density at radius 3 is 2.68 bits per heavy atom. The first-order valence-electron chi connectivity index (χ1n) is 7.36. The second-order valence-corrected chi connectivity index (χ2v) is 5.81. The van der Waals surface area contributed by atoms with Crippen LogP contribution in [0.1, 0.15) is 36.2 Å². The van der Waals surface area contributed by atoms with E-state index < -0.39 is 0 Å². The number of rotatable bonds is 4. The van der Waals surface area contributed by atoms with Crippen LogP contribution < -0.4 is 10.6 Å². The van der Waals surface area contributed by atoms with Gasteiger partial charge in [0, 0.05) is 16.8 Å². The Balaban J connectivity index is 1.63. The maximum Gasteiger partial charge on any atom is 0.271 e. The van der Waals surface area contributed by atoms with E-state index in [2.05, 4.69) is 20.6 Å². The molecular weight excluding hydrogens is 300 g/mol. The molecule has 22 heavy (non-hydrogen) atoms. The minimum atomic E-state index is -0.159. The Bertz CT molecular complexity index is 653. The number of aromatic nitrogens is 2. The molecule has 0 radical (unpaired) electrons. The third-order valence-corrected chi connectivity index (χ3v) is 3.91. The number of halogens is 1. The van der Waals surface area contributed by atoms with Gasteiger partial charge in [-0.2, -0.15) is 0 Å². The van der Waals surface area contributed by atoms with Gasteiger partial charge in [0.25, 0.3) is 5.91 Å². The number of carbonyl (C=O) groups is 1. The predicted molar refractivity (Wildman–Crippen MR) is 86.5 cm³/mol. The van der Waals surface area contributed by atoms with Crippen LogP contribution in [-0.2, 0) is 0 Å². The summed E-state index contributed by atoms with van der Waals surface area (Å²) < 4.78 is 0. The number of amides is 1. The zero-order valence-corrected chi connectivity index (χ0v) is 12.8. The van der Waals surface area contributed by atoms with Gasteiger partial charge >= 0.3 is 0 Å². The average Bonchev–Trinajstić information content (AvgIpc) is 3.01. The first-order valence-corrected chi connectivity index (χ1v) is 7.74. The lowest BCUT2D eigenvalue weighted by molar-refractivity contribution is 0.0932. The number of hydrogen-bond donors (Lipinski definition) is 2. The Kier molecular flexibility index (Phi) is 4.53. The highest BCUT2D eigenvalue weighted by Crippen LogP contribution is 2.19. The van der Waals surface area contributed by atoms with Gasteiger partial charge in [-0.25, -0.2) is 9.97 Å². The van der Waals surface area contributed by atoms with Gasteiger partial charge in [0.1, 0.15) is 11.5 Å². The van der Waals surface area contributed by atoms with Crippen LogP contribution in [0.3, 0.4) is 0 Å². The zero-order valence-electron chi connectivity index (χ0n) is 12.1. The van der Waals surface area contributed by atoms with Gasteiger partial charge in [0.05, 0.1) is 12.4 Å². The number of nitrogens with one attached hydrogen (secondary N) is 2. The number of carbonyl (C=O) groups excluding carboxylic acids is 1. The molecule has 2 N–H and O–H groups in total. The molecule has 1 aromatic heterocycles.